The van der Waals surface area contributed by atoms with Crippen LogP contribution in [-0.4, -0.2) is 4.57 Å². The van der Waals surface area contributed by atoms with Crippen LogP contribution in [0.2, 0.25) is 0 Å². The number of aromatic nitrogens is 1. The Morgan fingerprint density at radius 2 is 1.50 bits per heavy atom. The summed E-state index contributed by atoms with van der Waals surface area (Å²) in [5, 5.41) is 0. The lowest BCUT2D eigenvalue weighted by Gasteiger charge is -2.17. The molecule has 0 fully saturated rings. The summed E-state index contributed by atoms with van der Waals surface area (Å²) in [6.45, 7) is 7.58. The first-order chi connectivity index (χ1) is 9.20. The highest BCUT2D eigenvalue weighted by Crippen LogP contribution is 2.33. The Morgan fingerprint density at radius 1 is 0.950 bits per heavy atom. The standard InChI is InChI=1S/C16H18F3N/c1-10(2)13-7-14(16(17,18)19)9-15(8-13)20-11(3)5-6-12(20)4/h5-10H,1-4H3. The maximum atomic E-state index is 13.0. The predicted octanol–water partition coefficient (Wildman–Crippen LogP) is 5.24. The van der Waals surface area contributed by atoms with E-state index in [0.717, 1.165) is 11.4 Å². The zero-order chi connectivity index (χ0) is 15.1. The topological polar surface area (TPSA) is 4.93 Å². The van der Waals surface area contributed by atoms with Gasteiger partial charge in [-0.1, -0.05) is 13.8 Å². The Morgan fingerprint density at radius 3 is 1.95 bits per heavy atom. The maximum absolute atomic E-state index is 13.0. The molecule has 1 heterocycles. The van der Waals surface area contributed by atoms with Gasteiger partial charge in [-0.25, -0.2) is 0 Å². The molecule has 1 nitrogen and oxygen atoms in total. The second kappa shape index (κ2) is 5.00. The molecule has 0 amide bonds. The Labute approximate surface area is 117 Å². The first-order valence-corrected chi connectivity index (χ1v) is 6.57. The van der Waals surface area contributed by atoms with Crippen LogP contribution in [0.15, 0.2) is 30.3 Å². The molecule has 2 rings (SSSR count). The summed E-state index contributed by atoms with van der Waals surface area (Å²) in [6, 6.07) is 8.10. The van der Waals surface area contributed by atoms with Crippen molar-refractivity contribution in [3.8, 4) is 5.69 Å². The van der Waals surface area contributed by atoms with Crippen molar-refractivity contribution in [2.75, 3.05) is 0 Å². The van der Waals surface area contributed by atoms with Crippen molar-refractivity contribution in [2.24, 2.45) is 0 Å². The molecule has 0 N–H and O–H groups in total. The first-order valence-electron chi connectivity index (χ1n) is 6.57. The van der Waals surface area contributed by atoms with Gasteiger partial charge in [-0.2, -0.15) is 13.2 Å². The van der Waals surface area contributed by atoms with Gasteiger partial charge in [0.1, 0.15) is 0 Å². The predicted molar refractivity (Wildman–Crippen MR) is 74.3 cm³/mol. The zero-order valence-corrected chi connectivity index (χ0v) is 12.0. The molecule has 1 aromatic carbocycles. The minimum absolute atomic E-state index is 0.0484. The van der Waals surface area contributed by atoms with Crippen molar-refractivity contribution >= 4 is 0 Å². The van der Waals surface area contributed by atoms with E-state index in [9.17, 15) is 13.2 Å². The molecule has 0 aliphatic rings. The van der Waals surface area contributed by atoms with Crippen molar-refractivity contribution in [1.29, 1.82) is 0 Å². The van der Waals surface area contributed by atoms with Crippen LogP contribution in [0.5, 0.6) is 0 Å². The largest absolute Gasteiger partial charge is 0.416 e. The molecule has 1 aromatic heterocycles. The highest BCUT2D eigenvalue weighted by molar-refractivity contribution is 5.45. The number of aryl methyl sites for hydroxylation is 2. The van der Waals surface area contributed by atoms with Crippen molar-refractivity contribution in [3.63, 3.8) is 0 Å². The molecular weight excluding hydrogens is 263 g/mol. The third-order valence-corrected chi connectivity index (χ3v) is 3.46. The minimum Gasteiger partial charge on any atom is -0.318 e. The van der Waals surface area contributed by atoms with E-state index in [2.05, 4.69) is 0 Å². The highest BCUT2D eigenvalue weighted by atomic mass is 19.4. The number of hydrogen-bond donors (Lipinski definition) is 0. The van der Waals surface area contributed by atoms with Crippen molar-refractivity contribution in [1.82, 2.24) is 4.57 Å². The number of alkyl halides is 3. The Kier molecular flexibility index (Phi) is 3.67. The fraction of sp³-hybridized carbons (Fsp3) is 0.375. The molecule has 0 aliphatic heterocycles. The number of benzene rings is 1. The van der Waals surface area contributed by atoms with E-state index < -0.39 is 11.7 Å². The number of rotatable bonds is 2. The molecule has 0 unspecified atom stereocenters. The van der Waals surface area contributed by atoms with Gasteiger partial charge in [0.15, 0.2) is 0 Å². The van der Waals surface area contributed by atoms with Gasteiger partial charge in [0.2, 0.25) is 0 Å². The van der Waals surface area contributed by atoms with Gasteiger partial charge in [0.25, 0.3) is 0 Å². The van der Waals surface area contributed by atoms with E-state index in [1.165, 1.54) is 12.1 Å². The average Bonchev–Trinajstić information content (AvgIpc) is 2.67. The highest BCUT2D eigenvalue weighted by Gasteiger charge is 2.31. The lowest BCUT2D eigenvalue weighted by molar-refractivity contribution is -0.137. The van der Waals surface area contributed by atoms with Crippen LogP contribution in [0.1, 0.15) is 42.3 Å². The normalized spacial score (nSPS) is 12.2. The van der Waals surface area contributed by atoms with Crippen molar-refractivity contribution in [2.45, 2.75) is 39.8 Å². The molecule has 0 bridgehead atoms. The molecule has 0 atom stereocenters. The SMILES string of the molecule is Cc1ccc(C)n1-c1cc(C(C)C)cc(C(F)(F)F)c1. The Balaban J connectivity index is 2.68. The van der Waals surface area contributed by atoms with E-state index in [-0.39, 0.29) is 5.92 Å². The van der Waals surface area contributed by atoms with Crippen LogP contribution in [-0.2, 0) is 6.18 Å². The maximum Gasteiger partial charge on any atom is 0.416 e. The third-order valence-electron chi connectivity index (χ3n) is 3.46. The van der Waals surface area contributed by atoms with Crippen molar-refractivity contribution in [3.05, 3.63) is 52.8 Å². The Bertz CT molecular complexity index is 602. The van der Waals surface area contributed by atoms with E-state index in [0.29, 0.717) is 11.3 Å². The van der Waals surface area contributed by atoms with Gasteiger partial charge in [0, 0.05) is 17.1 Å². The van der Waals surface area contributed by atoms with Crippen LogP contribution in [0.25, 0.3) is 5.69 Å². The van der Waals surface area contributed by atoms with Gasteiger partial charge < -0.3 is 4.57 Å². The summed E-state index contributed by atoms with van der Waals surface area (Å²) in [6.07, 6.45) is -4.32. The van der Waals surface area contributed by atoms with E-state index in [1.807, 2.05) is 50.5 Å². The molecule has 0 saturated heterocycles. The van der Waals surface area contributed by atoms with Gasteiger partial charge in [-0.3, -0.25) is 0 Å². The summed E-state index contributed by atoms with van der Waals surface area (Å²) in [5.74, 6) is 0.0484. The van der Waals surface area contributed by atoms with Gasteiger partial charge in [0.05, 0.1) is 5.56 Å². The molecule has 0 aliphatic carbocycles. The van der Waals surface area contributed by atoms with Gasteiger partial charge >= 0.3 is 6.18 Å². The summed E-state index contributed by atoms with van der Waals surface area (Å²) in [5.41, 5.74) is 2.53. The molecule has 0 saturated carbocycles. The third kappa shape index (κ3) is 2.74. The molecule has 0 spiro atoms. The van der Waals surface area contributed by atoms with Gasteiger partial charge in [-0.05, 0) is 55.7 Å². The number of hydrogen-bond acceptors (Lipinski definition) is 0. The number of halogens is 3. The summed E-state index contributed by atoms with van der Waals surface area (Å²) < 4.78 is 41.0. The smallest absolute Gasteiger partial charge is 0.318 e. The molecule has 0 radical (unpaired) electrons. The van der Waals surface area contributed by atoms with Crippen molar-refractivity contribution < 1.29 is 13.2 Å². The summed E-state index contributed by atoms with van der Waals surface area (Å²) in [7, 11) is 0. The van der Waals surface area contributed by atoms with Crippen LogP contribution >= 0.6 is 0 Å². The second-order valence-corrected chi connectivity index (χ2v) is 5.42. The molecule has 2 aromatic rings. The van der Waals surface area contributed by atoms with Gasteiger partial charge in [-0.15, -0.1) is 0 Å². The zero-order valence-electron chi connectivity index (χ0n) is 12.0. The average molecular weight is 281 g/mol. The van der Waals surface area contributed by atoms with Crippen LogP contribution < -0.4 is 0 Å². The molecule has 4 heteroatoms. The fourth-order valence-corrected chi connectivity index (χ4v) is 2.34. The summed E-state index contributed by atoms with van der Waals surface area (Å²) >= 11 is 0. The lowest BCUT2D eigenvalue weighted by Crippen LogP contribution is -2.09. The molecular formula is C16H18F3N. The lowest BCUT2D eigenvalue weighted by atomic mass is 9.99. The van der Waals surface area contributed by atoms with Crippen LogP contribution in [0, 0.1) is 13.8 Å². The van der Waals surface area contributed by atoms with E-state index >= 15 is 0 Å². The molecule has 108 valence electrons. The monoisotopic (exact) mass is 281 g/mol. The Hall–Kier alpha value is -1.71. The number of nitrogens with zero attached hydrogens (tertiary/aromatic N) is 1. The van der Waals surface area contributed by atoms with E-state index in [1.54, 1.807) is 0 Å². The molecule has 20 heavy (non-hydrogen) atoms. The quantitative estimate of drug-likeness (QED) is 0.709. The van der Waals surface area contributed by atoms with Crippen LogP contribution in [0.4, 0.5) is 13.2 Å². The minimum atomic E-state index is -4.32. The van der Waals surface area contributed by atoms with Crippen LogP contribution in [0.3, 0.4) is 0 Å². The summed E-state index contributed by atoms with van der Waals surface area (Å²) in [4.78, 5) is 0. The second-order valence-electron chi connectivity index (χ2n) is 5.42. The first kappa shape index (κ1) is 14.7. The van der Waals surface area contributed by atoms with E-state index in [4.69, 9.17) is 0 Å². The fourth-order valence-electron chi connectivity index (χ4n) is 2.34.